The van der Waals surface area contributed by atoms with Crippen LogP contribution in [0.4, 0.5) is 13.2 Å². The van der Waals surface area contributed by atoms with Crippen LogP contribution in [-0.4, -0.2) is 22.1 Å². The van der Waals surface area contributed by atoms with Gasteiger partial charge in [-0.15, -0.1) is 0 Å². The quantitative estimate of drug-likeness (QED) is 0.843. The number of aromatic amines is 1. The van der Waals surface area contributed by atoms with Crippen molar-refractivity contribution < 1.29 is 18.0 Å². The van der Waals surface area contributed by atoms with Crippen LogP contribution in [0.5, 0.6) is 0 Å². The van der Waals surface area contributed by atoms with Crippen LogP contribution in [-0.2, 0) is 6.42 Å². The van der Waals surface area contributed by atoms with Crippen molar-refractivity contribution >= 4 is 16.9 Å². The van der Waals surface area contributed by atoms with E-state index in [4.69, 9.17) is 5.73 Å². The number of nitrogens with zero attached hydrogens (tertiary/aromatic N) is 1. The van der Waals surface area contributed by atoms with Crippen LogP contribution < -0.4 is 5.73 Å². The highest BCUT2D eigenvalue weighted by Crippen LogP contribution is 2.26. The first-order chi connectivity index (χ1) is 7.88. The van der Waals surface area contributed by atoms with Gasteiger partial charge in [0.2, 0.25) is 0 Å². The molecular weight excluding hydrogens is 235 g/mol. The number of H-pyrrole nitrogens is 1. The fourth-order valence-electron chi connectivity index (χ4n) is 1.64. The van der Waals surface area contributed by atoms with Crippen molar-refractivity contribution in [2.75, 3.05) is 0 Å². The molecule has 3 N–H and O–H groups in total. The molecule has 2 heterocycles. The van der Waals surface area contributed by atoms with Gasteiger partial charge in [-0.1, -0.05) is 0 Å². The van der Waals surface area contributed by atoms with Crippen molar-refractivity contribution in [2.45, 2.75) is 12.6 Å². The zero-order valence-electron chi connectivity index (χ0n) is 8.51. The number of nitrogens with two attached hydrogens (primary N) is 1. The van der Waals surface area contributed by atoms with Crippen molar-refractivity contribution in [3.05, 3.63) is 29.6 Å². The van der Waals surface area contributed by atoms with Crippen LogP contribution in [0.1, 0.15) is 15.9 Å². The Bertz CT molecular complexity index is 574. The van der Waals surface area contributed by atoms with E-state index < -0.39 is 18.5 Å². The Morgan fingerprint density at radius 1 is 1.47 bits per heavy atom. The average Bonchev–Trinajstić information content (AvgIpc) is 2.59. The number of fused-ring (bicyclic) bond motifs is 1. The van der Waals surface area contributed by atoms with Gasteiger partial charge in [0.05, 0.1) is 23.0 Å². The lowest BCUT2D eigenvalue weighted by molar-refractivity contribution is -0.127. The third-order valence-electron chi connectivity index (χ3n) is 2.30. The second-order valence-electron chi connectivity index (χ2n) is 3.55. The second-order valence-corrected chi connectivity index (χ2v) is 3.55. The molecule has 0 aromatic carbocycles. The molecule has 0 bridgehead atoms. The normalized spacial score (nSPS) is 11.9. The number of hydrogen-bond donors (Lipinski definition) is 2. The van der Waals surface area contributed by atoms with Crippen LogP contribution in [0.15, 0.2) is 18.5 Å². The van der Waals surface area contributed by atoms with Crippen molar-refractivity contribution in [3.63, 3.8) is 0 Å². The summed E-state index contributed by atoms with van der Waals surface area (Å²) < 4.78 is 36.8. The summed E-state index contributed by atoms with van der Waals surface area (Å²) in [5.41, 5.74) is 5.59. The Hall–Kier alpha value is -2.05. The standard InChI is InChI=1S/C10H8F3N3O/c11-10(12,13)3-5-4-16-8-6(9(14)17)1-2-15-7(5)8/h1-2,4,16H,3H2,(H2,14,17). The molecule has 0 atom stereocenters. The first-order valence-corrected chi connectivity index (χ1v) is 4.70. The molecular formula is C10H8F3N3O. The number of primary amides is 1. The second kappa shape index (κ2) is 3.76. The van der Waals surface area contributed by atoms with Crippen LogP contribution in [0.3, 0.4) is 0 Å². The molecule has 0 aliphatic rings. The smallest absolute Gasteiger partial charge is 0.366 e. The molecule has 7 heteroatoms. The maximum atomic E-state index is 12.3. The first-order valence-electron chi connectivity index (χ1n) is 4.70. The molecule has 0 aliphatic carbocycles. The highest BCUT2D eigenvalue weighted by Gasteiger charge is 2.29. The summed E-state index contributed by atoms with van der Waals surface area (Å²) in [6, 6.07) is 1.36. The topological polar surface area (TPSA) is 71.8 Å². The summed E-state index contributed by atoms with van der Waals surface area (Å²) in [4.78, 5) is 17.5. The number of pyridine rings is 1. The summed E-state index contributed by atoms with van der Waals surface area (Å²) >= 11 is 0. The van der Waals surface area contributed by atoms with Crippen molar-refractivity contribution in [2.24, 2.45) is 5.73 Å². The largest absolute Gasteiger partial charge is 0.393 e. The van der Waals surface area contributed by atoms with Crippen LogP contribution in [0.25, 0.3) is 11.0 Å². The van der Waals surface area contributed by atoms with Gasteiger partial charge in [0, 0.05) is 18.0 Å². The van der Waals surface area contributed by atoms with Gasteiger partial charge in [0.1, 0.15) is 0 Å². The summed E-state index contributed by atoms with van der Waals surface area (Å²) in [7, 11) is 0. The van der Waals surface area contributed by atoms with E-state index in [0.717, 1.165) is 0 Å². The lowest BCUT2D eigenvalue weighted by atomic mass is 10.1. The van der Waals surface area contributed by atoms with E-state index in [2.05, 4.69) is 9.97 Å². The van der Waals surface area contributed by atoms with Gasteiger partial charge in [-0.3, -0.25) is 9.78 Å². The molecule has 0 radical (unpaired) electrons. The molecule has 2 aromatic heterocycles. The minimum absolute atomic E-state index is 0.00407. The third-order valence-corrected chi connectivity index (χ3v) is 2.30. The van der Waals surface area contributed by atoms with Gasteiger partial charge in [-0.2, -0.15) is 13.2 Å². The molecule has 0 aliphatic heterocycles. The number of rotatable bonds is 2. The Labute approximate surface area is 93.6 Å². The maximum absolute atomic E-state index is 12.3. The number of aromatic nitrogens is 2. The summed E-state index contributed by atoms with van der Waals surface area (Å²) in [6.45, 7) is 0. The highest BCUT2D eigenvalue weighted by molar-refractivity contribution is 6.04. The summed E-state index contributed by atoms with van der Waals surface area (Å²) in [6.07, 6.45) is -2.96. The van der Waals surface area contributed by atoms with Gasteiger partial charge in [0.15, 0.2) is 0 Å². The Kier molecular flexibility index (Phi) is 2.53. The van der Waals surface area contributed by atoms with E-state index in [-0.39, 0.29) is 22.2 Å². The predicted octanol–water partition coefficient (Wildman–Crippen LogP) is 1.77. The maximum Gasteiger partial charge on any atom is 0.393 e. The third kappa shape index (κ3) is 2.22. The van der Waals surface area contributed by atoms with Gasteiger partial charge < -0.3 is 10.7 Å². The van der Waals surface area contributed by atoms with Gasteiger partial charge >= 0.3 is 6.18 Å². The van der Waals surface area contributed by atoms with E-state index in [1.807, 2.05) is 0 Å². The highest BCUT2D eigenvalue weighted by atomic mass is 19.4. The predicted molar refractivity (Wildman–Crippen MR) is 54.4 cm³/mol. The minimum Gasteiger partial charge on any atom is -0.366 e. The molecule has 17 heavy (non-hydrogen) atoms. The van der Waals surface area contributed by atoms with Crippen LogP contribution >= 0.6 is 0 Å². The molecule has 4 nitrogen and oxygen atoms in total. The molecule has 1 amide bonds. The molecule has 0 fully saturated rings. The molecule has 2 aromatic rings. The van der Waals surface area contributed by atoms with E-state index in [1.54, 1.807) is 0 Å². The van der Waals surface area contributed by atoms with Gasteiger partial charge in [-0.25, -0.2) is 0 Å². The Balaban J connectivity index is 2.55. The SMILES string of the molecule is NC(=O)c1ccnc2c(CC(F)(F)F)c[nH]c12. The first kappa shape index (κ1) is 11.4. The number of carbonyl (C=O) groups is 1. The van der Waals surface area contributed by atoms with Crippen molar-refractivity contribution in [3.8, 4) is 0 Å². The number of nitrogens with one attached hydrogen (secondary N) is 1. The Morgan fingerprint density at radius 2 is 2.18 bits per heavy atom. The lowest BCUT2D eigenvalue weighted by Crippen LogP contribution is -2.12. The van der Waals surface area contributed by atoms with E-state index in [9.17, 15) is 18.0 Å². The monoisotopic (exact) mass is 243 g/mol. The van der Waals surface area contributed by atoms with Crippen LogP contribution in [0, 0.1) is 0 Å². The lowest BCUT2D eigenvalue weighted by Gasteiger charge is -2.04. The number of hydrogen-bond acceptors (Lipinski definition) is 2. The number of amides is 1. The molecule has 90 valence electrons. The fraction of sp³-hybridized carbons (Fsp3) is 0.200. The van der Waals surface area contributed by atoms with Crippen molar-refractivity contribution in [1.29, 1.82) is 0 Å². The van der Waals surface area contributed by atoms with E-state index in [1.165, 1.54) is 18.5 Å². The van der Waals surface area contributed by atoms with Crippen LogP contribution in [0.2, 0.25) is 0 Å². The molecule has 0 saturated heterocycles. The number of alkyl halides is 3. The van der Waals surface area contributed by atoms with Crippen molar-refractivity contribution in [1.82, 2.24) is 9.97 Å². The van der Waals surface area contributed by atoms with Gasteiger partial charge in [0.25, 0.3) is 5.91 Å². The van der Waals surface area contributed by atoms with Gasteiger partial charge in [-0.05, 0) is 6.07 Å². The average molecular weight is 243 g/mol. The fourth-order valence-corrected chi connectivity index (χ4v) is 1.64. The minimum atomic E-state index is -4.32. The zero-order chi connectivity index (χ0) is 12.6. The Morgan fingerprint density at radius 3 is 2.76 bits per heavy atom. The number of halogens is 3. The molecule has 0 spiro atoms. The molecule has 0 unspecified atom stereocenters. The molecule has 2 rings (SSSR count). The molecule has 0 saturated carbocycles. The summed E-state index contributed by atoms with van der Waals surface area (Å²) in [5, 5.41) is 0. The zero-order valence-corrected chi connectivity index (χ0v) is 8.51. The van der Waals surface area contributed by atoms with E-state index >= 15 is 0 Å². The van der Waals surface area contributed by atoms with E-state index in [0.29, 0.717) is 0 Å². The number of carbonyl (C=O) groups excluding carboxylic acids is 1. The summed E-state index contributed by atoms with van der Waals surface area (Å²) in [5.74, 6) is -0.710.